The van der Waals surface area contributed by atoms with Gasteiger partial charge in [-0.15, -0.1) is 5.73 Å². The van der Waals surface area contributed by atoms with Crippen molar-refractivity contribution in [3.63, 3.8) is 0 Å². The molecular formula is C16H12. The van der Waals surface area contributed by atoms with Gasteiger partial charge >= 0.3 is 0 Å². The number of hydrogen-bond donors (Lipinski definition) is 0. The Kier molecular flexibility index (Phi) is 1.50. The molecule has 0 nitrogen and oxygen atoms in total. The van der Waals surface area contributed by atoms with Crippen LogP contribution in [0.5, 0.6) is 0 Å². The zero-order chi connectivity index (χ0) is 10.5. The third-order valence-corrected chi connectivity index (χ3v) is 3.75. The van der Waals surface area contributed by atoms with E-state index in [-0.39, 0.29) is 0 Å². The topological polar surface area (TPSA) is 0 Å². The van der Waals surface area contributed by atoms with Crippen molar-refractivity contribution in [3.8, 4) is 0 Å². The zero-order valence-electron chi connectivity index (χ0n) is 9.09. The Balaban J connectivity index is 2.11. The minimum atomic E-state index is 1.08. The second-order valence-electron chi connectivity index (χ2n) is 4.62. The van der Waals surface area contributed by atoms with Gasteiger partial charge in [0.2, 0.25) is 0 Å². The molecular weight excluding hydrogens is 192 g/mol. The van der Waals surface area contributed by atoms with E-state index in [1.165, 1.54) is 27.9 Å². The summed E-state index contributed by atoms with van der Waals surface area (Å²) in [6.45, 7) is 0. The van der Waals surface area contributed by atoms with Gasteiger partial charge in [0.25, 0.3) is 0 Å². The molecule has 0 aromatic rings. The summed E-state index contributed by atoms with van der Waals surface area (Å²) in [4.78, 5) is 0. The van der Waals surface area contributed by atoms with Crippen LogP contribution in [0.1, 0.15) is 19.3 Å². The fourth-order valence-electron chi connectivity index (χ4n) is 3.00. The predicted molar refractivity (Wildman–Crippen MR) is 65.9 cm³/mol. The summed E-state index contributed by atoms with van der Waals surface area (Å²) in [5.41, 5.74) is 12.2. The lowest BCUT2D eigenvalue weighted by atomic mass is 9.95. The molecule has 0 heteroatoms. The summed E-state index contributed by atoms with van der Waals surface area (Å²) in [6.07, 6.45) is 16.8. The van der Waals surface area contributed by atoms with Crippen LogP contribution in [0.2, 0.25) is 0 Å². The molecule has 76 valence electrons. The van der Waals surface area contributed by atoms with Crippen molar-refractivity contribution in [1.29, 1.82) is 0 Å². The van der Waals surface area contributed by atoms with Crippen LogP contribution in [-0.4, -0.2) is 0 Å². The lowest BCUT2D eigenvalue weighted by Crippen LogP contribution is -1.91. The Hall–Kier alpha value is -1.78. The van der Waals surface area contributed by atoms with E-state index in [0.29, 0.717) is 0 Å². The van der Waals surface area contributed by atoms with Crippen molar-refractivity contribution in [3.05, 3.63) is 75.6 Å². The number of fused-ring (bicyclic) bond motifs is 3. The molecule has 0 radical (unpaired) electrons. The Morgan fingerprint density at radius 3 is 2.19 bits per heavy atom. The molecule has 0 spiro atoms. The molecule has 0 bridgehead atoms. The average molecular weight is 204 g/mol. The summed E-state index contributed by atoms with van der Waals surface area (Å²) in [7, 11) is 0. The zero-order valence-corrected chi connectivity index (χ0v) is 9.09. The van der Waals surface area contributed by atoms with Crippen molar-refractivity contribution in [2.24, 2.45) is 0 Å². The second kappa shape index (κ2) is 2.87. The minimum Gasteiger partial charge on any atom is -0.104 e. The van der Waals surface area contributed by atoms with Crippen LogP contribution in [0, 0.1) is 0 Å². The molecule has 0 aromatic carbocycles. The quantitative estimate of drug-likeness (QED) is 0.524. The Morgan fingerprint density at radius 1 is 0.688 bits per heavy atom. The van der Waals surface area contributed by atoms with Crippen LogP contribution in [-0.2, 0) is 0 Å². The van der Waals surface area contributed by atoms with Crippen LogP contribution >= 0.6 is 0 Å². The molecule has 4 aliphatic rings. The molecule has 16 heavy (non-hydrogen) atoms. The highest BCUT2D eigenvalue weighted by Crippen LogP contribution is 2.42. The van der Waals surface area contributed by atoms with Crippen molar-refractivity contribution >= 4 is 0 Å². The largest absolute Gasteiger partial charge is 0.104 e. The van der Waals surface area contributed by atoms with Crippen LogP contribution < -0.4 is 0 Å². The van der Waals surface area contributed by atoms with E-state index < -0.39 is 0 Å². The maximum absolute atomic E-state index is 3.58. The third-order valence-electron chi connectivity index (χ3n) is 3.75. The van der Waals surface area contributed by atoms with E-state index >= 15 is 0 Å². The molecule has 0 amide bonds. The van der Waals surface area contributed by atoms with Crippen molar-refractivity contribution < 1.29 is 0 Å². The molecule has 0 atom stereocenters. The van der Waals surface area contributed by atoms with Gasteiger partial charge < -0.3 is 0 Å². The van der Waals surface area contributed by atoms with Crippen molar-refractivity contribution in [2.45, 2.75) is 19.3 Å². The fraction of sp³-hybridized carbons (Fsp3) is 0.188. The molecule has 0 N–H and O–H groups in total. The molecule has 0 aliphatic heterocycles. The van der Waals surface area contributed by atoms with Gasteiger partial charge in [-0.1, -0.05) is 36.5 Å². The number of allylic oxidation sites excluding steroid dienone is 11. The number of hydrogen-bond acceptors (Lipinski definition) is 0. The molecule has 4 aliphatic carbocycles. The first kappa shape index (κ1) is 8.38. The monoisotopic (exact) mass is 204 g/mol. The first-order valence-corrected chi connectivity index (χ1v) is 5.90. The Labute approximate surface area is 95.4 Å². The molecule has 0 unspecified atom stereocenters. The highest BCUT2D eigenvalue weighted by Gasteiger charge is 2.24. The minimum absolute atomic E-state index is 1.08. The summed E-state index contributed by atoms with van der Waals surface area (Å²) >= 11 is 0. The number of rotatable bonds is 0. The van der Waals surface area contributed by atoms with E-state index in [9.17, 15) is 0 Å². The Bertz CT molecular complexity index is 606. The van der Waals surface area contributed by atoms with E-state index in [1.807, 2.05) is 0 Å². The molecule has 0 heterocycles. The lowest BCUT2D eigenvalue weighted by molar-refractivity contribution is 1.17. The van der Waals surface area contributed by atoms with Crippen LogP contribution in [0.15, 0.2) is 75.6 Å². The smallest absolute Gasteiger partial charge is 0.0209 e. The first-order valence-electron chi connectivity index (χ1n) is 5.90. The molecule has 0 saturated heterocycles. The lowest BCUT2D eigenvalue weighted by Gasteiger charge is -2.08. The molecule has 4 rings (SSSR count). The van der Waals surface area contributed by atoms with E-state index in [0.717, 1.165) is 19.3 Å². The summed E-state index contributed by atoms with van der Waals surface area (Å²) in [5, 5.41) is 0. The predicted octanol–water partition coefficient (Wildman–Crippen LogP) is 3.92. The van der Waals surface area contributed by atoms with Crippen LogP contribution in [0.3, 0.4) is 0 Å². The van der Waals surface area contributed by atoms with Gasteiger partial charge in [-0.05, 0) is 41.6 Å². The van der Waals surface area contributed by atoms with Crippen molar-refractivity contribution in [1.82, 2.24) is 0 Å². The van der Waals surface area contributed by atoms with Crippen LogP contribution in [0.4, 0.5) is 0 Å². The van der Waals surface area contributed by atoms with Gasteiger partial charge in [0.15, 0.2) is 0 Å². The SMILES string of the molecule is C1=C2C=CCC2=C2C=CCC2=C2CC=CC=12. The van der Waals surface area contributed by atoms with E-state index in [4.69, 9.17) is 0 Å². The van der Waals surface area contributed by atoms with Crippen LogP contribution in [0.25, 0.3) is 0 Å². The van der Waals surface area contributed by atoms with E-state index in [2.05, 4.69) is 42.2 Å². The van der Waals surface area contributed by atoms with Gasteiger partial charge in [0, 0.05) is 11.1 Å². The van der Waals surface area contributed by atoms with Gasteiger partial charge in [-0.25, -0.2) is 0 Å². The third kappa shape index (κ3) is 0.951. The highest BCUT2D eigenvalue weighted by atomic mass is 14.3. The standard InChI is InChI=1S/C16H12/c1-4-11-10-12-5-2-7-14(12)16-9-3-8-15(16)13(11)6-1/h1-5,8H,6-7,9H2. The maximum Gasteiger partial charge on any atom is 0.0209 e. The van der Waals surface area contributed by atoms with Gasteiger partial charge in [0.1, 0.15) is 0 Å². The van der Waals surface area contributed by atoms with Gasteiger partial charge in [0.05, 0.1) is 0 Å². The van der Waals surface area contributed by atoms with E-state index in [1.54, 1.807) is 5.57 Å². The molecule has 0 saturated carbocycles. The van der Waals surface area contributed by atoms with Gasteiger partial charge in [-0.2, -0.15) is 0 Å². The van der Waals surface area contributed by atoms with Gasteiger partial charge in [-0.3, -0.25) is 0 Å². The maximum atomic E-state index is 3.58. The molecule has 0 aromatic heterocycles. The molecule has 0 fully saturated rings. The second-order valence-corrected chi connectivity index (χ2v) is 4.62. The van der Waals surface area contributed by atoms with Crippen molar-refractivity contribution in [2.75, 3.05) is 0 Å². The summed E-state index contributed by atoms with van der Waals surface area (Å²) < 4.78 is 0. The first-order chi connectivity index (χ1) is 7.93. The summed E-state index contributed by atoms with van der Waals surface area (Å²) in [5.74, 6) is 0. The highest BCUT2D eigenvalue weighted by molar-refractivity contribution is 5.68. The Morgan fingerprint density at radius 2 is 1.31 bits per heavy atom. The fourth-order valence-corrected chi connectivity index (χ4v) is 3.00. The summed E-state index contributed by atoms with van der Waals surface area (Å²) in [6, 6.07) is 0. The average Bonchev–Trinajstić information content (AvgIpc) is 2.97. The normalized spacial score (nSPS) is 24.5.